The van der Waals surface area contributed by atoms with Crippen LogP contribution in [0.5, 0.6) is 0 Å². The van der Waals surface area contributed by atoms with Gasteiger partial charge in [-0.05, 0) is 19.0 Å². The second kappa shape index (κ2) is 8.14. The van der Waals surface area contributed by atoms with Gasteiger partial charge in [0.05, 0.1) is 4.92 Å². The van der Waals surface area contributed by atoms with E-state index in [1.807, 2.05) is 0 Å². The predicted octanol–water partition coefficient (Wildman–Crippen LogP) is 1.43. The molecule has 0 aliphatic carbocycles. The molecular formula is C15H20N4O3. The van der Waals surface area contributed by atoms with Crippen LogP contribution in [0.1, 0.15) is 12.8 Å². The van der Waals surface area contributed by atoms with Gasteiger partial charge in [0.15, 0.2) is 0 Å². The number of para-hydroxylation sites is 2. The Hall–Kier alpha value is -2.41. The largest absolute Gasteiger partial charge is 0.379 e. The minimum Gasteiger partial charge on any atom is -0.379 e. The molecule has 0 bridgehead atoms. The molecule has 7 heteroatoms. The molecule has 1 aliphatic heterocycles. The van der Waals surface area contributed by atoms with Crippen LogP contribution in [0, 0.1) is 10.1 Å². The first-order valence-electron chi connectivity index (χ1n) is 7.29. The molecule has 0 unspecified atom stereocenters. The van der Waals surface area contributed by atoms with E-state index in [0.29, 0.717) is 18.8 Å². The molecule has 1 amide bonds. The average molecular weight is 304 g/mol. The van der Waals surface area contributed by atoms with E-state index in [9.17, 15) is 14.9 Å². The van der Waals surface area contributed by atoms with Crippen molar-refractivity contribution in [3.05, 3.63) is 46.0 Å². The molecule has 0 saturated carbocycles. The predicted molar refractivity (Wildman–Crippen MR) is 84.8 cm³/mol. The lowest BCUT2D eigenvalue weighted by molar-refractivity contribution is -0.384. The SMILES string of the molecule is O=C(CCNc1ccccc1[N+](=O)[O-])NCC1=CCNCC1. The van der Waals surface area contributed by atoms with Crippen LogP contribution in [0.25, 0.3) is 0 Å². The van der Waals surface area contributed by atoms with E-state index >= 15 is 0 Å². The molecule has 1 aliphatic rings. The van der Waals surface area contributed by atoms with Crippen LogP contribution in [0.15, 0.2) is 35.9 Å². The number of carbonyl (C=O) groups excluding carboxylic acids is 1. The molecule has 1 aromatic rings. The smallest absolute Gasteiger partial charge is 0.292 e. The molecule has 0 fully saturated rings. The molecule has 0 aromatic heterocycles. The summed E-state index contributed by atoms with van der Waals surface area (Å²) in [6.07, 6.45) is 3.32. The minimum atomic E-state index is -0.439. The molecule has 0 spiro atoms. The van der Waals surface area contributed by atoms with Crippen molar-refractivity contribution in [2.45, 2.75) is 12.8 Å². The molecule has 118 valence electrons. The summed E-state index contributed by atoms with van der Waals surface area (Å²) < 4.78 is 0. The van der Waals surface area contributed by atoms with Gasteiger partial charge in [-0.3, -0.25) is 14.9 Å². The lowest BCUT2D eigenvalue weighted by Crippen LogP contribution is -2.30. The van der Waals surface area contributed by atoms with Crippen molar-refractivity contribution >= 4 is 17.3 Å². The fourth-order valence-electron chi connectivity index (χ4n) is 2.22. The van der Waals surface area contributed by atoms with Gasteiger partial charge in [-0.25, -0.2) is 0 Å². The number of nitrogens with one attached hydrogen (secondary N) is 3. The van der Waals surface area contributed by atoms with E-state index in [1.54, 1.807) is 18.2 Å². The Morgan fingerprint density at radius 2 is 2.18 bits per heavy atom. The van der Waals surface area contributed by atoms with Crippen LogP contribution in [0.3, 0.4) is 0 Å². The number of nitro benzene ring substituents is 1. The molecule has 0 saturated heterocycles. The Labute approximate surface area is 128 Å². The number of benzene rings is 1. The zero-order valence-electron chi connectivity index (χ0n) is 12.3. The quantitative estimate of drug-likeness (QED) is 0.402. The number of carbonyl (C=O) groups is 1. The first-order chi connectivity index (χ1) is 10.7. The van der Waals surface area contributed by atoms with Crippen molar-refractivity contribution in [1.29, 1.82) is 0 Å². The zero-order chi connectivity index (χ0) is 15.8. The van der Waals surface area contributed by atoms with Crippen molar-refractivity contribution < 1.29 is 9.72 Å². The van der Waals surface area contributed by atoms with Crippen LogP contribution in [-0.4, -0.2) is 37.0 Å². The summed E-state index contributed by atoms with van der Waals surface area (Å²) in [6, 6.07) is 6.41. The highest BCUT2D eigenvalue weighted by molar-refractivity contribution is 5.77. The first-order valence-corrected chi connectivity index (χ1v) is 7.29. The fourth-order valence-corrected chi connectivity index (χ4v) is 2.22. The van der Waals surface area contributed by atoms with Gasteiger partial charge >= 0.3 is 0 Å². The highest BCUT2D eigenvalue weighted by Crippen LogP contribution is 2.22. The van der Waals surface area contributed by atoms with Gasteiger partial charge in [0.2, 0.25) is 5.91 Å². The van der Waals surface area contributed by atoms with E-state index in [-0.39, 0.29) is 18.0 Å². The van der Waals surface area contributed by atoms with Gasteiger partial charge in [0.1, 0.15) is 5.69 Å². The fraction of sp³-hybridized carbons (Fsp3) is 0.400. The van der Waals surface area contributed by atoms with Crippen molar-refractivity contribution in [1.82, 2.24) is 10.6 Å². The second-order valence-corrected chi connectivity index (χ2v) is 5.04. The molecule has 2 rings (SSSR count). The van der Waals surface area contributed by atoms with Crippen LogP contribution >= 0.6 is 0 Å². The van der Waals surface area contributed by atoms with E-state index < -0.39 is 4.92 Å². The normalized spacial score (nSPS) is 14.1. The van der Waals surface area contributed by atoms with Crippen molar-refractivity contribution in [2.24, 2.45) is 0 Å². The van der Waals surface area contributed by atoms with E-state index in [1.165, 1.54) is 11.6 Å². The summed E-state index contributed by atoms with van der Waals surface area (Å²) in [5.74, 6) is -0.0643. The van der Waals surface area contributed by atoms with E-state index in [2.05, 4.69) is 22.0 Å². The summed E-state index contributed by atoms with van der Waals surface area (Å²) in [7, 11) is 0. The van der Waals surface area contributed by atoms with Crippen LogP contribution in [-0.2, 0) is 4.79 Å². The Balaban J connectivity index is 1.73. The summed E-state index contributed by atoms with van der Waals surface area (Å²) >= 11 is 0. The topological polar surface area (TPSA) is 96.3 Å². The van der Waals surface area contributed by atoms with Crippen LogP contribution < -0.4 is 16.0 Å². The second-order valence-electron chi connectivity index (χ2n) is 5.04. The third-order valence-corrected chi connectivity index (χ3v) is 3.44. The third kappa shape index (κ3) is 4.85. The lowest BCUT2D eigenvalue weighted by Gasteiger charge is -2.14. The first kappa shape index (κ1) is 16.0. The van der Waals surface area contributed by atoms with Crippen molar-refractivity contribution in [3.8, 4) is 0 Å². The monoisotopic (exact) mass is 304 g/mol. The van der Waals surface area contributed by atoms with Crippen molar-refractivity contribution in [3.63, 3.8) is 0 Å². The molecule has 3 N–H and O–H groups in total. The van der Waals surface area contributed by atoms with Gasteiger partial charge in [-0.2, -0.15) is 0 Å². The van der Waals surface area contributed by atoms with E-state index in [4.69, 9.17) is 0 Å². The molecule has 22 heavy (non-hydrogen) atoms. The summed E-state index contributed by atoms with van der Waals surface area (Å²) in [4.78, 5) is 22.2. The minimum absolute atomic E-state index is 0.0165. The highest BCUT2D eigenvalue weighted by atomic mass is 16.6. The van der Waals surface area contributed by atoms with Crippen molar-refractivity contribution in [2.75, 3.05) is 31.5 Å². The Morgan fingerprint density at radius 1 is 1.36 bits per heavy atom. The molecule has 1 aromatic carbocycles. The average Bonchev–Trinajstić information content (AvgIpc) is 2.54. The molecule has 0 atom stereocenters. The molecule has 0 radical (unpaired) electrons. The number of anilines is 1. The highest BCUT2D eigenvalue weighted by Gasteiger charge is 2.12. The van der Waals surface area contributed by atoms with Gasteiger partial charge in [-0.1, -0.05) is 23.8 Å². The number of nitro groups is 1. The Bertz CT molecular complexity index is 572. The summed E-state index contributed by atoms with van der Waals surface area (Å²) in [5.41, 5.74) is 1.68. The maximum Gasteiger partial charge on any atom is 0.292 e. The molecule has 7 nitrogen and oxygen atoms in total. The van der Waals surface area contributed by atoms with Gasteiger partial charge in [0, 0.05) is 32.1 Å². The van der Waals surface area contributed by atoms with Crippen LogP contribution in [0.2, 0.25) is 0 Å². The molecular weight excluding hydrogens is 284 g/mol. The number of amides is 1. The number of hydrogen-bond donors (Lipinski definition) is 3. The maximum absolute atomic E-state index is 11.8. The lowest BCUT2D eigenvalue weighted by atomic mass is 10.1. The number of rotatable bonds is 7. The Kier molecular flexibility index (Phi) is 5.91. The third-order valence-electron chi connectivity index (χ3n) is 3.44. The standard InChI is InChI=1S/C15H20N4O3/c20-15(18-11-12-5-8-16-9-6-12)7-10-17-13-3-1-2-4-14(13)19(21)22/h1-5,16-17H,6-11H2,(H,18,20). The number of nitrogens with zero attached hydrogens (tertiary/aromatic N) is 1. The van der Waals surface area contributed by atoms with E-state index in [0.717, 1.165) is 19.5 Å². The number of hydrogen-bond acceptors (Lipinski definition) is 5. The van der Waals surface area contributed by atoms with Gasteiger partial charge in [0.25, 0.3) is 5.69 Å². The maximum atomic E-state index is 11.8. The summed E-state index contributed by atoms with van der Waals surface area (Å²) in [5, 5.41) is 19.9. The van der Waals surface area contributed by atoms with Gasteiger partial charge < -0.3 is 16.0 Å². The van der Waals surface area contributed by atoms with Gasteiger partial charge in [-0.15, -0.1) is 0 Å². The zero-order valence-corrected chi connectivity index (χ0v) is 12.3. The Morgan fingerprint density at radius 3 is 2.91 bits per heavy atom. The summed E-state index contributed by atoms with van der Waals surface area (Å²) in [6.45, 7) is 2.73. The molecule has 1 heterocycles. The van der Waals surface area contributed by atoms with Crippen LogP contribution in [0.4, 0.5) is 11.4 Å².